The number of hydrogen-bond donors (Lipinski definition) is 1. The molecule has 2 atom stereocenters. The van der Waals surface area contributed by atoms with Crippen molar-refractivity contribution in [1.29, 1.82) is 0 Å². The number of rotatable bonds is 6. The molecule has 0 aliphatic heterocycles. The predicted molar refractivity (Wildman–Crippen MR) is 84.1 cm³/mol. The Bertz CT molecular complexity index is 568. The van der Waals surface area contributed by atoms with Gasteiger partial charge >= 0.3 is 0 Å². The molecule has 0 amide bonds. The summed E-state index contributed by atoms with van der Waals surface area (Å²) in [6, 6.07) is 15.2. The van der Waals surface area contributed by atoms with Gasteiger partial charge in [0.25, 0.3) is 0 Å². The lowest BCUT2D eigenvalue weighted by molar-refractivity contribution is 0.403. The van der Waals surface area contributed by atoms with Crippen LogP contribution in [0.4, 0.5) is 4.39 Å². The topological polar surface area (TPSA) is 21.3 Å². The summed E-state index contributed by atoms with van der Waals surface area (Å²) >= 11 is 0. The second kappa shape index (κ2) is 7.23. The van der Waals surface area contributed by atoms with Crippen molar-refractivity contribution in [2.45, 2.75) is 32.4 Å². The molecule has 0 aliphatic carbocycles. The first kappa shape index (κ1) is 15.5. The van der Waals surface area contributed by atoms with Crippen molar-refractivity contribution < 1.29 is 9.13 Å². The molecule has 112 valence electrons. The predicted octanol–water partition coefficient (Wildman–Crippen LogP) is 4.12. The van der Waals surface area contributed by atoms with Gasteiger partial charge in [-0.25, -0.2) is 4.39 Å². The van der Waals surface area contributed by atoms with E-state index in [-0.39, 0.29) is 11.9 Å². The molecule has 3 heteroatoms. The Morgan fingerprint density at radius 2 is 1.71 bits per heavy atom. The second-order valence-corrected chi connectivity index (χ2v) is 5.36. The van der Waals surface area contributed by atoms with Crippen LogP contribution in [0.2, 0.25) is 0 Å². The first-order valence-electron chi connectivity index (χ1n) is 7.23. The van der Waals surface area contributed by atoms with Gasteiger partial charge in [-0.3, -0.25) is 0 Å². The van der Waals surface area contributed by atoms with E-state index in [9.17, 15) is 4.39 Å². The zero-order valence-corrected chi connectivity index (χ0v) is 12.8. The lowest BCUT2D eigenvalue weighted by Gasteiger charge is -2.21. The molecular weight excluding hydrogens is 265 g/mol. The molecule has 0 saturated heterocycles. The van der Waals surface area contributed by atoms with Crippen LogP contribution in [0.5, 0.6) is 5.75 Å². The van der Waals surface area contributed by atoms with Crippen molar-refractivity contribution in [1.82, 2.24) is 5.32 Å². The maximum Gasteiger partial charge on any atom is 0.123 e. The third kappa shape index (κ3) is 4.30. The van der Waals surface area contributed by atoms with Crippen LogP contribution in [-0.2, 0) is 6.42 Å². The minimum Gasteiger partial charge on any atom is -0.496 e. The summed E-state index contributed by atoms with van der Waals surface area (Å²) in [5.74, 6) is 0.716. The summed E-state index contributed by atoms with van der Waals surface area (Å²) < 4.78 is 18.3. The lowest BCUT2D eigenvalue weighted by Crippen LogP contribution is -2.30. The highest BCUT2D eigenvalue weighted by Gasteiger charge is 2.12. The van der Waals surface area contributed by atoms with Crippen molar-refractivity contribution in [3.8, 4) is 5.75 Å². The summed E-state index contributed by atoms with van der Waals surface area (Å²) in [7, 11) is 1.69. The molecule has 0 saturated carbocycles. The van der Waals surface area contributed by atoms with Crippen LogP contribution in [-0.4, -0.2) is 13.2 Å². The molecular formula is C18H22FNO. The van der Waals surface area contributed by atoms with E-state index < -0.39 is 0 Å². The number of ether oxygens (including phenoxy) is 1. The minimum absolute atomic E-state index is 0.176. The highest BCUT2D eigenvalue weighted by Crippen LogP contribution is 2.20. The zero-order valence-electron chi connectivity index (χ0n) is 12.8. The Labute approximate surface area is 126 Å². The lowest BCUT2D eigenvalue weighted by atomic mass is 10.0. The number of hydrogen-bond acceptors (Lipinski definition) is 2. The van der Waals surface area contributed by atoms with E-state index in [4.69, 9.17) is 4.74 Å². The van der Waals surface area contributed by atoms with E-state index >= 15 is 0 Å². The van der Waals surface area contributed by atoms with E-state index in [1.54, 1.807) is 7.11 Å². The second-order valence-electron chi connectivity index (χ2n) is 5.36. The third-order valence-electron chi connectivity index (χ3n) is 3.62. The standard InChI is InChI=1S/C18H22FNO/c1-13(12-16-6-4-5-7-18(16)21-3)20-14(2)15-8-10-17(19)11-9-15/h4-11,13-14,20H,12H2,1-3H3/t13?,14-/m1/s1. The summed E-state index contributed by atoms with van der Waals surface area (Å²) in [6.07, 6.45) is 0.884. The molecule has 0 aromatic heterocycles. The van der Waals surface area contributed by atoms with E-state index in [1.807, 2.05) is 30.3 Å². The highest BCUT2D eigenvalue weighted by atomic mass is 19.1. The van der Waals surface area contributed by atoms with E-state index in [2.05, 4.69) is 25.2 Å². The Hall–Kier alpha value is -1.87. The van der Waals surface area contributed by atoms with Gasteiger partial charge in [0.1, 0.15) is 11.6 Å². The smallest absolute Gasteiger partial charge is 0.123 e. The zero-order chi connectivity index (χ0) is 15.2. The number of nitrogens with one attached hydrogen (secondary N) is 1. The summed E-state index contributed by atoms with van der Waals surface area (Å²) in [4.78, 5) is 0. The van der Waals surface area contributed by atoms with Crippen molar-refractivity contribution in [2.24, 2.45) is 0 Å². The van der Waals surface area contributed by atoms with Gasteiger partial charge in [-0.1, -0.05) is 30.3 Å². The summed E-state index contributed by atoms with van der Waals surface area (Å²) in [5.41, 5.74) is 2.27. The molecule has 0 heterocycles. The number of halogens is 1. The molecule has 0 fully saturated rings. The number of benzene rings is 2. The van der Waals surface area contributed by atoms with Gasteiger partial charge in [0.05, 0.1) is 7.11 Å². The normalized spacial score (nSPS) is 13.7. The van der Waals surface area contributed by atoms with Crippen molar-refractivity contribution in [3.63, 3.8) is 0 Å². The van der Waals surface area contributed by atoms with Crippen molar-refractivity contribution in [3.05, 3.63) is 65.5 Å². The third-order valence-corrected chi connectivity index (χ3v) is 3.62. The maximum absolute atomic E-state index is 12.9. The molecule has 2 aromatic carbocycles. The monoisotopic (exact) mass is 287 g/mol. The van der Waals surface area contributed by atoms with Gasteiger partial charge in [0.2, 0.25) is 0 Å². The Morgan fingerprint density at radius 1 is 1.05 bits per heavy atom. The molecule has 2 rings (SSSR count). The fraction of sp³-hybridized carbons (Fsp3) is 0.333. The Morgan fingerprint density at radius 3 is 2.38 bits per heavy atom. The number of para-hydroxylation sites is 1. The SMILES string of the molecule is COc1ccccc1CC(C)N[C@H](C)c1ccc(F)cc1. The van der Waals surface area contributed by atoms with Gasteiger partial charge in [0.15, 0.2) is 0 Å². The van der Waals surface area contributed by atoms with Gasteiger partial charge in [-0.2, -0.15) is 0 Å². The van der Waals surface area contributed by atoms with Crippen LogP contribution in [0.3, 0.4) is 0 Å². The average Bonchev–Trinajstić information content (AvgIpc) is 2.48. The fourth-order valence-electron chi connectivity index (χ4n) is 2.53. The van der Waals surface area contributed by atoms with Crippen molar-refractivity contribution in [2.75, 3.05) is 7.11 Å². The largest absolute Gasteiger partial charge is 0.496 e. The van der Waals surface area contributed by atoms with Crippen LogP contribution >= 0.6 is 0 Å². The van der Waals surface area contributed by atoms with Gasteiger partial charge in [0, 0.05) is 12.1 Å². The molecule has 0 radical (unpaired) electrons. The minimum atomic E-state index is -0.201. The Balaban J connectivity index is 1.97. The molecule has 21 heavy (non-hydrogen) atoms. The summed E-state index contributed by atoms with van der Waals surface area (Å²) in [6.45, 7) is 4.23. The van der Waals surface area contributed by atoms with Crippen LogP contribution in [0.25, 0.3) is 0 Å². The Kier molecular flexibility index (Phi) is 5.34. The van der Waals surface area contributed by atoms with E-state index in [0.29, 0.717) is 6.04 Å². The highest BCUT2D eigenvalue weighted by molar-refractivity contribution is 5.33. The van der Waals surface area contributed by atoms with Gasteiger partial charge < -0.3 is 10.1 Å². The quantitative estimate of drug-likeness (QED) is 0.863. The van der Waals surface area contributed by atoms with Crippen LogP contribution in [0.1, 0.15) is 31.0 Å². The average molecular weight is 287 g/mol. The van der Waals surface area contributed by atoms with Crippen LogP contribution in [0, 0.1) is 5.82 Å². The van der Waals surface area contributed by atoms with E-state index in [0.717, 1.165) is 17.7 Å². The molecule has 0 spiro atoms. The van der Waals surface area contributed by atoms with Crippen LogP contribution < -0.4 is 10.1 Å². The van der Waals surface area contributed by atoms with Gasteiger partial charge in [-0.15, -0.1) is 0 Å². The van der Waals surface area contributed by atoms with E-state index in [1.165, 1.54) is 17.7 Å². The maximum atomic E-state index is 12.9. The van der Waals surface area contributed by atoms with Crippen molar-refractivity contribution >= 4 is 0 Å². The first-order chi connectivity index (χ1) is 10.1. The summed E-state index contributed by atoms with van der Waals surface area (Å²) in [5, 5.41) is 3.54. The van der Waals surface area contributed by atoms with Gasteiger partial charge in [-0.05, 0) is 49.6 Å². The number of methoxy groups -OCH3 is 1. The molecule has 2 nitrogen and oxygen atoms in total. The molecule has 1 N–H and O–H groups in total. The molecule has 0 aliphatic rings. The fourth-order valence-corrected chi connectivity index (χ4v) is 2.53. The molecule has 2 aromatic rings. The molecule has 0 bridgehead atoms. The molecule has 1 unspecified atom stereocenters. The van der Waals surface area contributed by atoms with Crippen LogP contribution in [0.15, 0.2) is 48.5 Å². The first-order valence-corrected chi connectivity index (χ1v) is 7.23.